The van der Waals surface area contributed by atoms with E-state index in [1.165, 1.54) is 5.56 Å². The summed E-state index contributed by atoms with van der Waals surface area (Å²) < 4.78 is 8.82. The van der Waals surface area contributed by atoms with Gasteiger partial charge in [0.15, 0.2) is 0 Å². The second-order valence-electron chi connectivity index (χ2n) is 11.0. The first-order valence-electron chi connectivity index (χ1n) is 12.2. The predicted octanol–water partition coefficient (Wildman–Crippen LogP) is 5.98. The number of fused-ring (bicyclic) bond motifs is 3. The Morgan fingerprint density at radius 1 is 1.09 bits per heavy atom. The molecule has 5 rings (SSSR count). The van der Waals surface area contributed by atoms with Crippen LogP contribution in [0.1, 0.15) is 75.6 Å². The van der Waals surface area contributed by atoms with Crippen molar-refractivity contribution in [2.24, 2.45) is 5.92 Å². The number of nitrogens with zero attached hydrogens (tertiary/aromatic N) is 4. The van der Waals surface area contributed by atoms with Crippen molar-refractivity contribution in [1.82, 2.24) is 19.7 Å². The molecule has 0 N–H and O–H groups in total. The topological polar surface area (TPSA) is 43.2 Å². The summed E-state index contributed by atoms with van der Waals surface area (Å²) in [5.74, 6) is 3.96. The number of ether oxygens (including phenoxy) is 1. The standard InChI is InChI=1S/C27H35ClN4O/c1-27(2,3)20-6-5-7-23(15-20)33-22-11-8-18(9-12-22)26-30-29-25-17-31(4)16-19-14-21(28)10-13-24(19)32(25)26/h5-7,10,13-15,18-19,22,24H,8-9,11-12,16-17H2,1-4H3. The third-order valence-corrected chi connectivity index (χ3v) is 7.58. The normalized spacial score (nSPS) is 28.0. The first kappa shape index (κ1) is 22.7. The molecule has 0 bridgehead atoms. The fourth-order valence-electron chi connectivity index (χ4n) is 5.51. The number of aromatic nitrogens is 3. The molecule has 176 valence electrons. The lowest BCUT2D eigenvalue weighted by Crippen LogP contribution is -2.28. The number of benzene rings is 1. The molecule has 1 aliphatic heterocycles. The van der Waals surface area contributed by atoms with Gasteiger partial charge in [-0.15, -0.1) is 10.2 Å². The van der Waals surface area contributed by atoms with Gasteiger partial charge >= 0.3 is 0 Å². The molecule has 0 spiro atoms. The molecule has 1 aromatic carbocycles. The zero-order valence-electron chi connectivity index (χ0n) is 20.2. The van der Waals surface area contributed by atoms with Crippen molar-refractivity contribution in [2.75, 3.05) is 13.6 Å². The number of halogens is 1. The average Bonchev–Trinajstić information content (AvgIpc) is 3.11. The summed E-state index contributed by atoms with van der Waals surface area (Å²) in [5, 5.41) is 10.2. The molecule has 2 atom stereocenters. The van der Waals surface area contributed by atoms with Crippen LogP contribution in [0.25, 0.3) is 0 Å². The average molecular weight is 467 g/mol. The second-order valence-corrected chi connectivity index (χ2v) is 11.4. The van der Waals surface area contributed by atoms with Gasteiger partial charge in [0.25, 0.3) is 0 Å². The van der Waals surface area contributed by atoms with E-state index in [1.54, 1.807) is 0 Å². The molecule has 2 heterocycles. The maximum atomic E-state index is 6.42. The van der Waals surface area contributed by atoms with E-state index in [-0.39, 0.29) is 17.6 Å². The number of rotatable bonds is 3. The Morgan fingerprint density at radius 2 is 1.88 bits per heavy atom. The highest BCUT2D eigenvalue weighted by Gasteiger charge is 2.35. The summed E-state index contributed by atoms with van der Waals surface area (Å²) >= 11 is 6.35. The van der Waals surface area contributed by atoms with Crippen LogP contribution in [0.2, 0.25) is 0 Å². The van der Waals surface area contributed by atoms with Crippen molar-refractivity contribution >= 4 is 11.6 Å². The lowest BCUT2D eigenvalue weighted by Gasteiger charge is -2.32. The van der Waals surface area contributed by atoms with Crippen molar-refractivity contribution < 1.29 is 4.74 Å². The summed E-state index contributed by atoms with van der Waals surface area (Å²) in [5.41, 5.74) is 1.44. The maximum Gasteiger partial charge on any atom is 0.147 e. The quantitative estimate of drug-likeness (QED) is 0.558. The Hall–Kier alpha value is -2.11. The van der Waals surface area contributed by atoms with Crippen LogP contribution in [0.15, 0.2) is 47.5 Å². The van der Waals surface area contributed by atoms with Crippen LogP contribution in [0.4, 0.5) is 0 Å². The predicted molar refractivity (Wildman–Crippen MR) is 133 cm³/mol. The molecule has 1 fully saturated rings. The largest absolute Gasteiger partial charge is 0.490 e. The highest BCUT2D eigenvalue weighted by molar-refractivity contribution is 6.31. The smallest absolute Gasteiger partial charge is 0.147 e. The molecule has 1 saturated carbocycles. The van der Waals surface area contributed by atoms with Crippen LogP contribution in [-0.2, 0) is 12.0 Å². The third-order valence-electron chi connectivity index (χ3n) is 7.33. The van der Waals surface area contributed by atoms with Gasteiger partial charge in [-0.1, -0.05) is 56.7 Å². The molecule has 3 aliphatic rings. The molecule has 2 aromatic rings. The molecule has 0 amide bonds. The van der Waals surface area contributed by atoms with Crippen LogP contribution < -0.4 is 4.74 Å². The number of allylic oxidation sites excluding steroid dienone is 3. The van der Waals surface area contributed by atoms with E-state index in [0.717, 1.165) is 61.2 Å². The summed E-state index contributed by atoms with van der Waals surface area (Å²) in [7, 11) is 2.15. The van der Waals surface area contributed by atoms with E-state index >= 15 is 0 Å². The monoisotopic (exact) mass is 466 g/mol. The molecule has 2 aliphatic carbocycles. The van der Waals surface area contributed by atoms with Crippen molar-refractivity contribution in [3.05, 3.63) is 64.7 Å². The lowest BCUT2D eigenvalue weighted by atomic mass is 9.85. The molecule has 33 heavy (non-hydrogen) atoms. The van der Waals surface area contributed by atoms with Gasteiger partial charge in [-0.25, -0.2) is 0 Å². The Balaban J connectivity index is 1.30. The van der Waals surface area contributed by atoms with E-state index in [9.17, 15) is 0 Å². The Bertz CT molecular complexity index is 1060. The maximum absolute atomic E-state index is 6.42. The molecule has 1 aromatic heterocycles. The molecular formula is C27H35ClN4O. The first-order valence-corrected chi connectivity index (χ1v) is 12.6. The van der Waals surface area contributed by atoms with E-state index in [0.29, 0.717) is 11.8 Å². The summed E-state index contributed by atoms with van der Waals surface area (Å²) in [4.78, 5) is 2.32. The van der Waals surface area contributed by atoms with Gasteiger partial charge in [0.1, 0.15) is 17.4 Å². The number of hydrogen-bond acceptors (Lipinski definition) is 4. The lowest BCUT2D eigenvalue weighted by molar-refractivity contribution is 0.143. The zero-order valence-corrected chi connectivity index (χ0v) is 20.9. The van der Waals surface area contributed by atoms with Gasteiger partial charge in [0.2, 0.25) is 0 Å². The molecule has 0 saturated heterocycles. The third kappa shape index (κ3) is 4.76. The Morgan fingerprint density at radius 3 is 2.64 bits per heavy atom. The van der Waals surface area contributed by atoms with Crippen molar-refractivity contribution in [1.29, 1.82) is 0 Å². The van der Waals surface area contributed by atoms with Crippen molar-refractivity contribution in [2.45, 2.75) is 76.5 Å². The fourth-order valence-corrected chi connectivity index (χ4v) is 5.75. The minimum absolute atomic E-state index is 0.126. The summed E-state index contributed by atoms with van der Waals surface area (Å²) in [6.45, 7) is 8.52. The molecule has 6 heteroatoms. The molecular weight excluding hydrogens is 432 g/mol. The molecule has 2 unspecified atom stereocenters. The summed E-state index contributed by atoms with van der Waals surface area (Å²) in [6.07, 6.45) is 11.0. The first-order chi connectivity index (χ1) is 15.8. The highest BCUT2D eigenvalue weighted by Crippen LogP contribution is 2.39. The van der Waals surface area contributed by atoms with Gasteiger partial charge in [0, 0.05) is 23.4 Å². The van der Waals surface area contributed by atoms with E-state index < -0.39 is 0 Å². The van der Waals surface area contributed by atoms with E-state index in [4.69, 9.17) is 21.4 Å². The van der Waals surface area contributed by atoms with Crippen molar-refractivity contribution in [3.8, 4) is 5.75 Å². The van der Waals surface area contributed by atoms with Gasteiger partial charge in [-0.3, -0.25) is 4.90 Å². The van der Waals surface area contributed by atoms with E-state index in [1.807, 2.05) is 6.08 Å². The van der Waals surface area contributed by atoms with Crippen LogP contribution in [0.3, 0.4) is 0 Å². The molecule has 5 nitrogen and oxygen atoms in total. The Labute approximate surface area is 202 Å². The van der Waals surface area contributed by atoms with Gasteiger partial charge in [-0.05, 0) is 61.9 Å². The summed E-state index contributed by atoms with van der Waals surface area (Å²) in [6, 6.07) is 8.83. The fraction of sp³-hybridized carbons (Fsp3) is 0.556. The zero-order chi connectivity index (χ0) is 23.2. The highest BCUT2D eigenvalue weighted by atomic mass is 35.5. The second kappa shape index (κ2) is 8.92. The van der Waals surface area contributed by atoms with Gasteiger partial charge in [-0.2, -0.15) is 0 Å². The van der Waals surface area contributed by atoms with Crippen LogP contribution >= 0.6 is 11.6 Å². The molecule has 0 radical (unpaired) electrons. The van der Waals surface area contributed by atoms with Crippen LogP contribution in [-0.4, -0.2) is 39.4 Å². The Kier molecular flexibility index (Phi) is 6.13. The minimum atomic E-state index is 0.126. The van der Waals surface area contributed by atoms with Crippen LogP contribution in [0, 0.1) is 5.92 Å². The van der Waals surface area contributed by atoms with E-state index in [2.05, 4.69) is 78.8 Å². The minimum Gasteiger partial charge on any atom is -0.490 e. The van der Waals surface area contributed by atoms with Gasteiger partial charge < -0.3 is 9.30 Å². The van der Waals surface area contributed by atoms with Gasteiger partial charge in [0.05, 0.1) is 18.7 Å². The SMILES string of the molecule is CN1Cc2nnc(C3CCC(Oc4cccc(C(C)(C)C)c4)CC3)n2C2C=CC(Cl)=CC2C1. The number of hydrogen-bond donors (Lipinski definition) is 0. The van der Waals surface area contributed by atoms with Crippen LogP contribution in [0.5, 0.6) is 5.75 Å². The van der Waals surface area contributed by atoms with Crippen molar-refractivity contribution in [3.63, 3.8) is 0 Å².